The number of hydrogen-bond donors (Lipinski definition) is 3. The average Bonchev–Trinajstić information content (AvgIpc) is 3.23. The number of benzene rings is 1. The maximum Gasteiger partial charge on any atom is 0.354 e. The van der Waals surface area contributed by atoms with Crippen molar-refractivity contribution in [3.8, 4) is 5.69 Å². The van der Waals surface area contributed by atoms with E-state index in [1.165, 1.54) is 10.1 Å². The lowest BCUT2D eigenvalue weighted by molar-refractivity contribution is -0.137. The van der Waals surface area contributed by atoms with E-state index in [0.717, 1.165) is 19.6 Å². The van der Waals surface area contributed by atoms with E-state index in [9.17, 15) is 14.4 Å². The molecule has 3 aliphatic rings. The first-order valence-corrected chi connectivity index (χ1v) is 12.4. The first-order valence-electron chi connectivity index (χ1n) is 12.4. The fraction of sp³-hybridized carbons (Fsp3) is 0.520. The van der Waals surface area contributed by atoms with E-state index in [0.29, 0.717) is 49.7 Å². The van der Waals surface area contributed by atoms with Gasteiger partial charge in [-0.05, 0) is 49.4 Å². The van der Waals surface area contributed by atoms with Crippen LogP contribution >= 0.6 is 0 Å². The van der Waals surface area contributed by atoms with Gasteiger partial charge in [0.15, 0.2) is 0 Å². The number of carbonyl (C=O) groups excluding carboxylic acids is 2. The number of carbonyl (C=O) groups is 2. The molecule has 5 rings (SSSR count). The molecule has 3 amide bonds. The molecule has 3 atom stereocenters. The van der Waals surface area contributed by atoms with E-state index in [2.05, 4.69) is 15.2 Å². The number of nitrogens with zero attached hydrogens (tertiary/aromatic N) is 5. The molecule has 1 aromatic heterocycles. The van der Waals surface area contributed by atoms with Gasteiger partial charge in [-0.15, -0.1) is 0 Å². The number of urea groups is 1. The largest absolute Gasteiger partial charge is 0.354 e. The fourth-order valence-electron chi connectivity index (χ4n) is 5.19. The molecule has 1 saturated carbocycles. The maximum atomic E-state index is 12.7. The van der Waals surface area contributed by atoms with Gasteiger partial charge in [0.05, 0.1) is 11.2 Å². The zero-order valence-electron chi connectivity index (χ0n) is 20.8. The molecule has 2 saturated heterocycles. The smallest absolute Gasteiger partial charge is 0.338 e. The van der Waals surface area contributed by atoms with Crippen LogP contribution in [0.5, 0.6) is 0 Å². The molecule has 1 aromatic carbocycles. The Labute approximate surface area is 210 Å². The summed E-state index contributed by atoms with van der Waals surface area (Å²) in [4.78, 5) is 47.4. The van der Waals surface area contributed by atoms with Crippen molar-refractivity contribution < 1.29 is 9.59 Å². The molecule has 0 bridgehead atoms. The summed E-state index contributed by atoms with van der Waals surface area (Å²) < 4.78 is 1.45. The van der Waals surface area contributed by atoms with Crippen LogP contribution in [0.1, 0.15) is 19.4 Å². The minimum Gasteiger partial charge on any atom is -0.338 e. The Hall–Kier alpha value is -3.28. The predicted octanol–water partition coefficient (Wildman–Crippen LogP) is 0.0348. The Morgan fingerprint density at radius 2 is 1.64 bits per heavy atom. The second-order valence-electron chi connectivity index (χ2n) is 10.7. The van der Waals surface area contributed by atoms with Crippen LogP contribution in [-0.4, -0.2) is 87.0 Å². The molecule has 0 spiro atoms. The number of likely N-dealkylation sites (tertiary alicyclic amines) is 1. The highest BCUT2D eigenvalue weighted by atomic mass is 16.2. The third kappa shape index (κ3) is 4.99. The van der Waals surface area contributed by atoms with Gasteiger partial charge in [-0.2, -0.15) is 4.98 Å². The van der Waals surface area contributed by atoms with Crippen LogP contribution in [0.2, 0.25) is 0 Å². The van der Waals surface area contributed by atoms with Crippen LogP contribution in [0.4, 0.5) is 10.6 Å². The SMILES string of the molecule is CC(C)(N)C(=O)N1CCN(C(=O)Nc2ccn(-c3ccc(CN4C[C@@H]5C(N)[C@@H]5C4)cc3)c(=O)n2)CC1. The summed E-state index contributed by atoms with van der Waals surface area (Å²) in [6.45, 7) is 7.91. The molecule has 11 heteroatoms. The molecule has 192 valence electrons. The van der Waals surface area contributed by atoms with E-state index in [4.69, 9.17) is 11.5 Å². The molecule has 2 aromatic rings. The number of nitrogens with two attached hydrogens (primary N) is 2. The second-order valence-corrected chi connectivity index (χ2v) is 10.7. The van der Waals surface area contributed by atoms with Crippen molar-refractivity contribution >= 4 is 17.8 Å². The summed E-state index contributed by atoms with van der Waals surface area (Å²) in [6, 6.07) is 9.49. The molecular formula is C25H34N8O3. The molecule has 36 heavy (non-hydrogen) atoms. The first-order chi connectivity index (χ1) is 17.1. The number of anilines is 1. The van der Waals surface area contributed by atoms with E-state index >= 15 is 0 Å². The number of nitrogens with one attached hydrogen (secondary N) is 1. The van der Waals surface area contributed by atoms with Crippen LogP contribution in [-0.2, 0) is 11.3 Å². The van der Waals surface area contributed by atoms with Gasteiger partial charge in [0.2, 0.25) is 5.91 Å². The number of piperazine rings is 1. The summed E-state index contributed by atoms with van der Waals surface area (Å²) in [6.07, 6.45) is 1.61. The first kappa shape index (κ1) is 24.4. The Bertz CT molecular complexity index is 1190. The van der Waals surface area contributed by atoms with Crippen LogP contribution in [0.15, 0.2) is 41.3 Å². The highest BCUT2D eigenvalue weighted by Gasteiger charge is 2.53. The molecule has 5 N–H and O–H groups in total. The summed E-state index contributed by atoms with van der Waals surface area (Å²) in [5, 5.41) is 2.69. The lowest BCUT2D eigenvalue weighted by Crippen LogP contribution is -2.58. The number of piperidine rings is 1. The number of rotatable bonds is 5. The lowest BCUT2D eigenvalue weighted by Gasteiger charge is -2.37. The quantitative estimate of drug-likeness (QED) is 0.532. The van der Waals surface area contributed by atoms with Gasteiger partial charge >= 0.3 is 11.7 Å². The highest BCUT2D eigenvalue weighted by molar-refractivity contribution is 5.89. The molecule has 11 nitrogen and oxygen atoms in total. The Balaban J connectivity index is 1.15. The van der Waals surface area contributed by atoms with E-state index in [-0.39, 0.29) is 17.8 Å². The van der Waals surface area contributed by atoms with Crippen LogP contribution in [0.25, 0.3) is 5.69 Å². The zero-order chi connectivity index (χ0) is 25.6. The molecule has 1 unspecified atom stereocenters. The fourth-order valence-corrected chi connectivity index (χ4v) is 5.19. The Morgan fingerprint density at radius 1 is 1.03 bits per heavy atom. The van der Waals surface area contributed by atoms with Gasteiger partial charge in [0, 0.05) is 58.1 Å². The van der Waals surface area contributed by atoms with Gasteiger partial charge in [-0.25, -0.2) is 9.59 Å². The number of hydrogen-bond acceptors (Lipinski definition) is 7. The van der Waals surface area contributed by atoms with Gasteiger partial charge in [0.1, 0.15) is 5.82 Å². The van der Waals surface area contributed by atoms with E-state index in [1.54, 1.807) is 35.9 Å². The average molecular weight is 495 g/mol. The van der Waals surface area contributed by atoms with Crippen molar-refractivity contribution in [1.82, 2.24) is 24.3 Å². The summed E-state index contributed by atoms with van der Waals surface area (Å²) in [7, 11) is 0. The third-order valence-electron chi connectivity index (χ3n) is 7.40. The topological polar surface area (TPSA) is 143 Å². The number of aromatic nitrogens is 2. The van der Waals surface area contributed by atoms with Crippen molar-refractivity contribution in [1.29, 1.82) is 0 Å². The molecule has 0 radical (unpaired) electrons. The number of fused-ring (bicyclic) bond motifs is 1. The minimum absolute atomic E-state index is 0.141. The normalized spacial score (nSPS) is 23.9. The Morgan fingerprint density at radius 3 is 2.22 bits per heavy atom. The zero-order valence-corrected chi connectivity index (χ0v) is 20.8. The monoisotopic (exact) mass is 494 g/mol. The molecule has 3 fully saturated rings. The second kappa shape index (κ2) is 9.30. The molecule has 1 aliphatic carbocycles. The molecule has 2 aliphatic heterocycles. The van der Waals surface area contributed by atoms with Crippen LogP contribution in [0.3, 0.4) is 0 Å². The van der Waals surface area contributed by atoms with Crippen molar-refractivity contribution in [3.05, 3.63) is 52.6 Å². The summed E-state index contributed by atoms with van der Waals surface area (Å²) in [5.41, 5.74) is 12.4. The molecule has 3 heterocycles. The van der Waals surface area contributed by atoms with Gasteiger partial charge in [-0.1, -0.05) is 12.1 Å². The van der Waals surface area contributed by atoms with Gasteiger partial charge in [-0.3, -0.25) is 19.6 Å². The lowest BCUT2D eigenvalue weighted by atomic mass is 10.1. The standard InChI is InChI=1S/C25H34N8O3/c1-25(2,27)22(34)31-9-11-32(12-10-31)23(35)28-20-7-8-33(24(36)29-20)17-5-3-16(4-6-17)13-30-14-18-19(15-30)21(18)26/h3-8,18-19,21H,9-15,26-27H2,1-2H3,(H,28,29,35,36)/t18-,19+,21?. The summed E-state index contributed by atoms with van der Waals surface area (Å²) >= 11 is 0. The molecular weight excluding hydrogens is 460 g/mol. The van der Waals surface area contributed by atoms with Gasteiger partial charge < -0.3 is 21.3 Å². The highest BCUT2D eigenvalue weighted by Crippen LogP contribution is 2.44. The van der Waals surface area contributed by atoms with Gasteiger partial charge in [0.25, 0.3) is 0 Å². The van der Waals surface area contributed by atoms with Crippen LogP contribution < -0.4 is 22.5 Å². The van der Waals surface area contributed by atoms with E-state index in [1.807, 2.05) is 24.3 Å². The van der Waals surface area contributed by atoms with Crippen molar-refractivity contribution in [2.75, 3.05) is 44.6 Å². The van der Waals surface area contributed by atoms with Crippen molar-refractivity contribution in [2.24, 2.45) is 23.3 Å². The van der Waals surface area contributed by atoms with Crippen molar-refractivity contribution in [3.63, 3.8) is 0 Å². The van der Waals surface area contributed by atoms with E-state index < -0.39 is 11.2 Å². The Kier molecular flexibility index (Phi) is 6.31. The summed E-state index contributed by atoms with van der Waals surface area (Å²) in [5.74, 6) is 1.36. The predicted molar refractivity (Wildman–Crippen MR) is 136 cm³/mol. The maximum absolute atomic E-state index is 12.7. The van der Waals surface area contributed by atoms with Crippen molar-refractivity contribution in [2.45, 2.75) is 32.0 Å². The third-order valence-corrected chi connectivity index (χ3v) is 7.40. The number of amides is 3. The minimum atomic E-state index is -0.943. The van der Waals surface area contributed by atoms with Crippen LogP contribution in [0, 0.1) is 11.8 Å².